The van der Waals surface area contributed by atoms with Crippen molar-refractivity contribution in [3.8, 4) is 0 Å². The van der Waals surface area contributed by atoms with Crippen LogP contribution in [0, 0.1) is 6.92 Å². The first-order valence-electron chi connectivity index (χ1n) is 6.78. The average Bonchev–Trinajstić information content (AvgIpc) is 2.88. The van der Waals surface area contributed by atoms with Crippen LogP contribution in [0.3, 0.4) is 0 Å². The van der Waals surface area contributed by atoms with E-state index in [1.807, 2.05) is 31.2 Å². The lowest BCUT2D eigenvalue weighted by Gasteiger charge is -2.26. The Balaban J connectivity index is 2.10. The molecular formula is C15H19NO3S. The van der Waals surface area contributed by atoms with Gasteiger partial charge in [0.05, 0.1) is 4.75 Å². The van der Waals surface area contributed by atoms with Crippen molar-refractivity contribution in [3.05, 3.63) is 29.8 Å². The molecule has 1 aromatic rings. The molecule has 0 saturated heterocycles. The second-order valence-corrected chi connectivity index (χ2v) is 6.65. The Morgan fingerprint density at radius 3 is 2.40 bits per heavy atom. The Morgan fingerprint density at radius 2 is 1.85 bits per heavy atom. The summed E-state index contributed by atoms with van der Waals surface area (Å²) in [5.74, 6) is -1.16. The maximum Gasteiger partial charge on any atom is 0.322 e. The van der Waals surface area contributed by atoms with Gasteiger partial charge in [0.2, 0.25) is 5.91 Å². The van der Waals surface area contributed by atoms with Gasteiger partial charge in [-0.05, 0) is 31.9 Å². The number of hydrogen-bond acceptors (Lipinski definition) is 3. The monoisotopic (exact) mass is 293 g/mol. The zero-order chi connectivity index (χ0) is 14.6. The Morgan fingerprint density at radius 1 is 1.25 bits per heavy atom. The van der Waals surface area contributed by atoms with E-state index < -0.39 is 10.7 Å². The van der Waals surface area contributed by atoms with Crippen LogP contribution in [0.15, 0.2) is 29.2 Å². The van der Waals surface area contributed by atoms with Crippen molar-refractivity contribution in [2.75, 3.05) is 6.54 Å². The summed E-state index contributed by atoms with van der Waals surface area (Å²) in [4.78, 5) is 24.0. The van der Waals surface area contributed by atoms with Crippen molar-refractivity contribution in [3.63, 3.8) is 0 Å². The normalized spacial score (nSPS) is 16.9. The first-order valence-corrected chi connectivity index (χ1v) is 7.59. The summed E-state index contributed by atoms with van der Waals surface area (Å²) >= 11 is 1.56. The summed E-state index contributed by atoms with van der Waals surface area (Å²) in [6.07, 6.45) is 3.63. The van der Waals surface area contributed by atoms with Crippen LogP contribution in [0.1, 0.15) is 31.2 Å². The predicted octanol–water partition coefficient (Wildman–Crippen LogP) is 2.60. The molecule has 0 aromatic heterocycles. The molecule has 1 fully saturated rings. The van der Waals surface area contributed by atoms with Gasteiger partial charge in [-0.25, -0.2) is 0 Å². The maximum atomic E-state index is 12.3. The lowest BCUT2D eigenvalue weighted by Crippen LogP contribution is -2.44. The Kier molecular flexibility index (Phi) is 4.70. The number of amides is 1. The van der Waals surface area contributed by atoms with Gasteiger partial charge in [0.25, 0.3) is 0 Å². The number of benzene rings is 1. The molecule has 1 aliphatic carbocycles. The van der Waals surface area contributed by atoms with Gasteiger partial charge in [0.15, 0.2) is 0 Å². The fourth-order valence-electron chi connectivity index (χ4n) is 2.47. The number of carbonyl (C=O) groups excluding carboxylic acids is 1. The molecule has 5 heteroatoms. The summed E-state index contributed by atoms with van der Waals surface area (Å²) < 4.78 is -0.509. The van der Waals surface area contributed by atoms with E-state index in [1.165, 1.54) is 5.56 Å². The third kappa shape index (κ3) is 3.54. The summed E-state index contributed by atoms with van der Waals surface area (Å²) in [6.45, 7) is 1.72. The highest BCUT2D eigenvalue weighted by Crippen LogP contribution is 2.45. The molecule has 20 heavy (non-hydrogen) atoms. The van der Waals surface area contributed by atoms with E-state index in [0.29, 0.717) is 0 Å². The van der Waals surface area contributed by atoms with E-state index in [4.69, 9.17) is 5.11 Å². The number of aliphatic carboxylic acids is 1. The summed E-state index contributed by atoms with van der Waals surface area (Å²) in [7, 11) is 0. The van der Waals surface area contributed by atoms with E-state index in [-0.39, 0.29) is 12.5 Å². The fraction of sp³-hybridized carbons (Fsp3) is 0.467. The number of hydrogen-bond donors (Lipinski definition) is 2. The van der Waals surface area contributed by atoms with Gasteiger partial charge in [-0.2, -0.15) is 0 Å². The minimum atomic E-state index is -1.01. The zero-order valence-corrected chi connectivity index (χ0v) is 12.3. The molecule has 1 saturated carbocycles. The van der Waals surface area contributed by atoms with Crippen molar-refractivity contribution >= 4 is 23.6 Å². The smallest absolute Gasteiger partial charge is 0.322 e. The first-order chi connectivity index (χ1) is 9.52. The molecule has 0 spiro atoms. The molecule has 0 aliphatic heterocycles. The predicted molar refractivity (Wildman–Crippen MR) is 78.9 cm³/mol. The molecule has 0 atom stereocenters. The highest BCUT2D eigenvalue weighted by Gasteiger charge is 2.42. The largest absolute Gasteiger partial charge is 0.480 e. The number of carboxylic acids is 1. The number of rotatable bonds is 5. The van der Waals surface area contributed by atoms with Crippen LogP contribution in [0.25, 0.3) is 0 Å². The topological polar surface area (TPSA) is 66.4 Å². The number of carbonyl (C=O) groups is 2. The van der Waals surface area contributed by atoms with E-state index in [9.17, 15) is 9.59 Å². The van der Waals surface area contributed by atoms with E-state index >= 15 is 0 Å². The third-order valence-corrected chi connectivity index (χ3v) is 5.05. The molecule has 0 unspecified atom stereocenters. The molecule has 0 bridgehead atoms. The summed E-state index contributed by atoms with van der Waals surface area (Å²) in [6, 6.07) is 8.09. The van der Waals surface area contributed by atoms with Gasteiger partial charge < -0.3 is 10.4 Å². The maximum absolute atomic E-state index is 12.3. The van der Waals surface area contributed by atoms with Crippen LogP contribution in [0.2, 0.25) is 0 Å². The van der Waals surface area contributed by atoms with Crippen LogP contribution in [0.4, 0.5) is 0 Å². The van der Waals surface area contributed by atoms with Gasteiger partial charge in [-0.3, -0.25) is 9.59 Å². The minimum absolute atomic E-state index is 0.150. The average molecular weight is 293 g/mol. The van der Waals surface area contributed by atoms with Crippen molar-refractivity contribution in [2.24, 2.45) is 0 Å². The van der Waals surface area contributed by atoms with Gasteiger partial charge >= 0.3 is 5.97 Å². The van der Waals surface area contributed by atoms with Crippen molar-refractivity contribution in [1.82, 2.24) is 5.32 Å². The Hall–Kier alpha value is -1.49. The molecular weight excluding hydrogens is 274 g/mol. The SMILES string of the molecule is Cc1ccc(SC2(C(=O)NCC(=O)O)CCCC2)cc1. The summed E-state index contributed by atoms with van der Waals surface area (Å²) in [5, 5.41) is 11.2. The van der Waals surface area contributed by atoms with Gasteiger partial charge in [0, 0.05) is 4.90 Å². The van der Waals surface area contributed by atoms with Crippen molar-refractivity contribution in [2.45, 2.75) is 42.2 Å². The van der Waals surface area contributed by atoms with Crippen LogP contribution in [-0.2, 0) is 9.59 Å². The molecule has 4 nitrogen and oxygen atoms in total. The molecule has 2 N–H and O–H groups in total. The lowest BCUT2D eigenvalue weighted by atomic mass is 10.1. The Labute approximate surface area is 123 Å². The number of nitrogens with one attached hydrogen (secondary N) is 1. The van der Waals surface area contributed by atoms with E-state index in [1.54, 1.807) is 11.8 Å². The number of aryl methyl sites for hydroxylation is 1. The van der Waals surface area contributed by atoms with Gasteiger partial charge in [-0.1, -0.05) is 30.5 Å². The zero-order valence-electron chi connectivity index (χ0n) is 11.5. The van der Waals surface area contributed by atoms with Crippen molar-refractivity contribution in [1.29, 1.82) is 0 Å². The highest BCUT2D eigenvalue weighted by molar-refractivity contribution is 8.01. The highest BCUT2D eigenvalue weighted by atomic mass is 32.2. The molecule has 0 heterocycles. The molecule has 1 aliphatic rings. The van der Waals surface area contributed by atoms with Gasteiger partial charge in [-0.15, -0.1) is 11.8 Å². The van der Waals surface area contributed by atoms with Gasteiger partial charge in [0.1, 0.15) is 6.54 Å². The van der Waals surface area contributed by atoms with E-state index in [0.717, 1.165) is 30.6 Å². The second-order valence-electron chi connectivity index (χ2n) is 5.19. The molecule has 108 valence electrons. The van der Waals surface area contributed by atoms with Crippen molar-refractivity contribution < 1.29 is 14.7 Å². The number of carboxylic acid groups (broad SMARTS) is 1. The summed E-state index contributed by atoms with van der Waals surface area (Å²) in [5.41, 5.74) is 1.19. The number of thioether (sulfide) groups is 1. The van der Waals surface area contributed by atoms with Crippen LogP contribution >= 0.6 is 11.8 Å². The molecule has 1 aromatic carbocycles. The quantitative estimate of drug-likeness (QED) is 0.875. The fourth-order valence-corrected chi connectivity index (χ4v) is 3.85. The standard InChI is InChI=1S/C15H19NO3S/c1-11-4-6-12(7-5-11)20-15(8-2-3-9-15)14(19)16-10-13(17)18/h4-7H,2-3,8-10H2,1H3,(H,16,19)(H,17,18). The third-order valence-electron chi connectivity index (χ3n) is 3.56. The van der Waals surface area contributed by atoms with Crippen LogP contribution in [-0.4, -0.2) is 28.3 Å². The minimum Gasteiger partial charge on any atom is -0.480 e. The lowest BCUT2D eigenvalue weighted by molar-refractivity contribution is -0.138. The second kappa shape index (κ2) is 6.31. The van der Waals surface area contributed by atoms with E-state index in [2.05, 4.69) is 5.32 Å². The molecule has 1 amide bonds. The van der Waals surface area contributed by atoms with Crippen LogP contribution < -0.4 is 5.32 Å². The Bertz CT molecular complexity index is 492. The van der Waals surface area contributed by atoms with Crippen LogP contribution in [0.5, 0.6) is 0 Å². The molecule has 0 radical (unpaired) electrons. The first kappa shape index (κ1) is 14.9. The molecule has 2 rings (SSSR count).